The Morgan fingerprint density at radius 2 is 2.20 bits per heavy atom. The Morgan fingerprint density at radius 3 is 2.92 bits per heavy atom. The van der Waals surface area contributed by atoms with Crippen LogP contribution in [-0.2, 0) is 11.2 Å². The number of thiophene rings is 1. The molecule has 0 aliphatic heterocycles. The van der Waals surface area contributed by atoms with Crippen LogP contribution in [0.5, 0.6) is 5.75 Å². The minimum Gasteiger partial charge on any atom is -0.495 e. The fraction of sp³-hybridized carbons (Fsp3) is 0.222. The van der Waals surface area contributed by atoms with Gasteiger partial charge in [0.25, 0.3) is 0 Å². The second kappa shape index (κ2) is 8.47. The van der Waals surface area contributed by atoms with Gasteiger partial charge in [0.2, 0.25) is 5.91 Å². The monoisotopic (exact) mass is 392 g/mol. The molecule has 0 aliphatic rings. The lowest BCUT2D eigenvalue weighted by molar-refractivity contribution is -0.116. The molecule has 0 saturated heterocycles. The third-order valence-corrected chi connectivity index (χ3v) is 5.59. The molecule has 3 rings (SSSR count). The van der Waals surface area contributed by atoms with Gasteiger partial charge >= 0.3 is 0 Å². The average Bonchev–Trinajstić information content (AvgIpc) is 3.27. The Bertz CT molecular complexity index is 847. The largest absolute Gasteiger partial charge is 0.495 e. The second-order valence-electron chi connectivity index (χ2n) is 5.37. The number of benzene rings is 1. The molecule has 1 N–H and O–H groups in total. The first-order chi connectivity index (χ1) is 12.2. The third kappa shape index (κ3) is 4.81. The molecule has 7 heteroatoms. The number of amides is 1. The molecule has 25 heavy (non-hydrogen) atoms. The van der Waals surface area contributed by atoms with Gasteiger partial charge in [-0.25, -0.2) is 4.98 Å². The number of halogens is 1. The maximum atomic E-state index is 12.0. The van der Waals surface area contributed by atoms with Crippen LogP contribution < -0.4 is 10.1 Å². The van der Waals surface area contributed by atoms with E-state index in [0.717, 1.165) is 24.1 Å². The summed E-state index contributed by atoms with van der Waals surface area (Å²) in [6.45, 7) is 0. The van der Waals surface area contributed by atoms with Crippen LogP contribution in [0.25, 0.3) is 11.3 Å². The number of nitrogens with one attached hydrogen (secondary N) is 1. The minimum atomic E-state index is -0.00906. The highest BCUT2D eigenvalue weighted by atomic mass is 35.5. The molecular weight excluding hydrogens is 376 g/mol. The van der Waals surface area contributed by atoms with E-state index < -0.39 is 0 Å². The lowest BCUT2D eigenvalue weighted by atomic mass is 10.2. The number of methoxy groups -OCH3 is 1. The highest BCUT2D eigenvalue weighted by molar-refractivity contribution is 7.14. The minimum absolute atomic E-state index is 0.00906. The van der Waals surface area contributed by atoms with Gasteiger partial charge in [-0.1, -0.05) is 17.7 Å². The predicted molar refractivity (Wildman–Crippen MR) is 105 cm³/mol. The molecule has 1 amide bonds. The summed E-state index contributed by atoms with van der Waals surface area (Å²) in [6, 6.07) is 9.63. The van der Waals surface area contributed by atoms with Gasteiger partial charge in [0.05, 0.1) is 17.8 Å². The lowest BCUT2D eigenvalue weighted by Gasteiger charge is -2.04. The second-order valence-corrected chi connectivity index (χ2v) is 7.67. The lowest BCUT2D eigenvalue weighted by Crippen LogP contribution is -2.11. The zero-order valence-electron chi connectivity index (χ0n) is 13.6. The molecule has 3 aromatic rings. The molecule has 0 radical (unpaired) electrons. The normalized spacial score (nSPS) is 10.6. The van der Waals surface area contributed by atoms with Crippen LogP contribution in [-0.4, -0.2) is 18.0 Å². The summed E-state index contributed by atoms with van der Waals surface area (Å²) < 4.78 is 5.15. The number of thiazole rings is 1. The van der Waals surface area contributed by atoms with Crippen molar-refractivity contribution in [3.63, 3.8) is 0 Å². The van der Waals surface area contributed by atoms with E-state index in [2.05, 4.69) is 21.7 Å². The number of hydrogen-bond donors (Lipinski definition) is 1. The Balaban J connectivity index is 1.56. The molecule has 0 saturated carbocycles. The number of anilines is 1. The molecule has 0 spiro atoms. The van der Waals surface area contributed by atoms with Crippen LogP contribution in [0.1, 0.15) is 17.7 Å². The van der Waals surface area contributed by atoms with E-state index in [4.69, 9.17) is 16.3 Å². The van der Waals surface area contributed by atoms with Gasteiger partial charge in [0, 0.05) is 22.2 Å². The van der Waals surface area contributed by atoms with Crippen molar-refractivity contribution in [2.75, 3.05) is 12.4 Å². The van der Waals surface area contributed by atoms with Crippen LogP contribution in [0.3, 0.4) is 0 Å². The average molecular weight is 393 g/mol. The van der Waals surface area contributed by atoms with Gasteiger partial charge in [-0.15, -0.1) is 22.7 Å². The zero-order chi connectivity index (χ0) is 17.6. The van der Waals surface area contributed by atoms with Gasteiger partial charge in [-0.3, -0.25) is 4.79 Å². The van der Waals surface area contributed by atoms with E-state index in [1.807, 2.05) is 23.6 Å². The summed E-state index contributed by atoms with van der Waals surface area (Å²) in [6.07, 6.45) is 2.25. The van der Waals surface area contributed by atoms with Gasteiger partial charge in [-0.05, 0) is 42.5 Å². The molecule has 0 bridgehead atoms. The number of aryl methyl sites for hydroxylation is 1. The molecule has 0 unspecified atom stereocenters. The van der Waals surface area contributed by atoms with Crippen molar-refractivity contribution in [3.8, 4) is 17.0 Å². The standard InChI is InChI=1S/C18H17ClN2O2S2/c1-23-16-8-7-12(10-14(16)19)15-11-25-18(20-15)21-17(22)6-2-4-13-5-3-9-24-13/h3,5,7-11H,2,4,6H2,1H3,(H,20,21,22). The fourth-order valence-electron chi connectivity index (χ4n) is 2.35. The van der Waals surface area contributed by atoms with Gasteiger partial charge in [0.1, 0.15) is 5.75 Å². The maximum Gasteiger partial charge on any atom is 0.226 e. The Labute approximate surface area is 159 Å². The molecule has 1 aromatic carbocycles. The van der Waals surface area contributed by atoms with Crippen LogP contribution in [0.4, 0.5) is 5.13 Å². The third-order valence-electron chi connectivity index (χ3n) is 3.61. The van der Waals surface area contributed by atoms with Gasteiger partial charge in [0.15, 0.2) is 5.13 Å². The van der Waals surface area contributed by atoms with E-state index in [0.29, 0.717) is 22.3 Å². The highest BCUT2D eigenvalue weighted by Gasteiger charge is 2.10. The number of nitrogens with zero attached hydrogens (tertiary/aromatic N) is 1. The van der Waals surface area contributed by atoms with E-state index in [1.54, 1.807) is 24.5 Å². The zero-order valence-corrected chi connectivity index (χ0v) is 16.0. The number of rotatable bonds is 7. The van der Waals surface area contributed by atoms with E-state index in [-0.39, 0.29) is 5.91 Å². The van der Waals surface area contributed by atoms with E-state index in [9.17, 15) is 4.79 Å². The smallest absolute Gasteiger partial charge is 0.226 e. The molecule has 0 atom stereocenters. The van der Waals surface area contributed by atoms with Crippen LogP contribution in [0.15, 0.2) is 41.1 Å². The van der Waals surface area contributed by atoms with E-state index >= 15 is 0 Å². The first kappa shape index (κ1) is 17.9. The molecular formula is C18H17ClN2O2S2. The Morgan fingerprint density at radius 1 is 1.32 bits per heavy atom. The van der Waals surface area contributed by atoms with Crippen LogP contribution in [0, 0.1) is 0 Å². The summed E-state index contributed by atoms with van der Waals surface area (Å²) in [7, 11) is 1.58. The van der Waals surface area contributed by atoms with Gasteiger partial charge < -0.3 is 10.1 Å². The summed E-state index contributed by atoms with van der Waals surface area (Å²) in [5.74, 6) is 0.616. The molecule has 4 nitrogen and oxygen atoms in total. The molecule has 2 heterocycles. The summed E-state index contributed by atoms with van der Waals surface area (Å²) in [5, 5.41) is 7.95. The van der Waals surface area contributed by atoms with Gasteiger partial charge in [-0.2, -0.15) is 0 Å². The molecule has 2 aromatic heterocycles. The number of ether oxygens (including phenoxy) is 1. The quantitative estimate of drug-likeness (QED) is 0.578. The highest BCUT2D eigenvalue weighted by Crippen LogP contribution is 2.31. The number of aromatic nitrogens is 1. The Kier molecular flexibility index (Phi) is 6.07. The SMILES string of the molecule is COc1ccc(-c2csc(NC(=O)CCCc3cccs3)n2)cc1Cl. The Hall–Kier alpha value is -1.89. The number of carbonyl (C=O) groups is 1. The van der Waals surface area contributed by atoms with Crippen molar-refractivity contribution < 1.29 is 9.53 Å². The van der Waals surface area contributed by atoms with Crippen molar-refractivity contribution in [2.24, 2.45) is 0 Å². The maximum absolute atomic E-state index is 12.0. The van der Waals surface area contributed by atoms with Crippen molar-refractivity contribution in [1.82, 2.24) is 4.98 Å². The molecule has 0 aliphatic carbocycles. The summed E-state index contributed by atoms with van der Waals surface area (Å²) in [4.78, 5) is 17.8. The summed E-state index contributed by atoms with van der Waals surface area (Å²) >= 11 is 9.28. The fourth-order valence-corrected chi connectivity index (χ4v) is 4.09. The van der Waals surface area contributed by atoms with Crippen LogP contribution in [0.2, 0.25) is 5.02 Å². The first-order valence-corrected chi connectivity index (χ1v) is 9.91. The number of hydrogen-bond acceptors (Lipinski definition) is 5. The number of carbonyl (C=O) groups excluding carboxylic acids is 1. The van der Waals surface area contributed by atoms with Crippen molar-refractivity contribution in [1.29, 1.82) is 0 Å². The van der Waals surface area contributed by atoms with Crippen LogP contribution >= 0.6 is 34.3 Å². The topological polar surface area (TPSA) is 51.2 Å². The summed E-state index contributed by atoms with van der Waals surface area (Å²) in [5.41, 5.74) is 1.67. The van der Waals surface area contributed by atoms with Crippen molar-refractivity contribution in [2.45, 2.75) is 19.3 Å². The predicted octanol–water partition coefficient (Wildman–Crippen LogP) is 5.50. The van der Waals surface area contributed by atoms with Crippen molar-refractivity contribution >= 4 is 45.3 Å². The van der Waals surface area contributed by atoms with Crippen molar-refractivity contribution in [3.05, 3.63) is 51.0 Å². The molecule has 0 fully saturated rings. The first-order valence-electron chi connectivity index (χ1n) is 7.77. The molecule has 130 valence electrons. The van der Waals surface area contributed by atoms with E-state index in [1.165, 1.54) is 16.2 Å².